The van der Waals surface area contributed by atoms with Crippen molar-refractivity contribution in [3.63, 3.8) is 0 Å². The third kappa shape index (κ3) is 2.62. The maximum Gasteiger partial charge on any atom is 0.338 e. The summed E-state index contributed by atoms with van der Waals surface area (Å²) in [5.74, 6) is -0.504. The van der Waals surface area contributed by atoms with Crippen LogP contribution < -0.4 is 11.2 Å². The number of H-pyrrole nitrogens is 1. The van der Waals surface area contributed by atoms with E-state index in [-0.39, 0.29) is 6.54 Å². The number of hydrogen-bond acceptors (Lipinski definition) is 4. The van der Waals surface area contributed by atoms with Crippen molar-refractivity contribution in [3.05, 3.63) is 68.5 Å². The lowest BCUT2D eigenvalue weighted by atomic mass is 10.1. The molecule has 0 bridgehead atoms. The van der Waals surface area contributed by atoms with Crippen LogP contribution in [0.4, 0.5) is 0 Å². The molecule has 0 aliphatic rings. The van der Waals surface area contributed by atoms with Crippen LogP contribution in [0, 0.1) is 0 Å². The standard InChI is InChI=1S/C13H12N2O4/c1-19-12(17)10-5-3-2-4-9(10)8-15-11(16)6-7-14-13(15)18/h2-7H,8H2,1H3,(H,14,18). The van der Waals surface area contributed by atoms with Gasteiger partial charge in [0.15, 0.2) is 0 Å². The van der Waals surface area contributed by atoms with Crippen molar-refractivity contribution in [1.82, 2.24) is 9.55 Å². The minimum atomic E-state index is -0.521. The molecule has 0 fully saturated rings. The summed E-state index contributed by atoms with van der Waals surface area (Å²) in [7, 11) is 1.28. The fraction of sp³-hybridized carbons (Fsp3) is 0.154. The van der Waals surface area contributed by atoms with E-state index in [1.165, 1.54) is 19.4 Å². The highest BCUT2D eigenvalue weighted by molar-refractivity contribution is 5.90. The summed E-state index contributed by atoms with van der Waals surface area (Å²) >= 11 is 0. The number of carbonyl (C=O) groups excluding carboxylic acids is 1. The highest BCUT2D eigenvalue weighted by atomic mass is 16.5. The van der Waals surface area contributed by atoms with E-state index in [0.717, 1.165) is 4.57 Å². The number of aromatic nitrogens is 2. The number of carbonyl (C=O) groups is 1. The first-order chi connectivity index (χ1) is 9.13. The summed E-state index contributed by atoms with van der Waals surface area (Å²) in [4.78, 5) is 37.2. The number of esters is 1. The van der Waals surface area contributed by atoms with Gasteiger partial charge in [0, 0.05) is 12.3 Å². The van der Waals surface area contributed by atoms with E-state index in [1.807, 2.05) is 0 Å². The lowest BCUT2D eigenvalue weighted by Gasteiger charge is -2.08. The van der Waals surface area contributed by atoms with Crippen molar-refractivity contribution in [2.24, 2.45) is 0 Å². The average molecular weight is 260 g/mol. The molecular formula is C13H12N2O4. The van der Waals surface area contributed by atoms with Gasteiger partial charge in [-0.1, -0.05) is 18.2 Å². The molecule has 1 aromatic heterocycles. The summed E-state index contributed by atoms with van der Waals surface area (Å²) in [5.41, 5.74) is -0.0658. The van der Waals surface area contributed by atoms with Gasteiger partial charge >= 0.3 is 11.7 Å². The van der Waals surface area contributed by atoms with E-state index >= 15 is 0 Å². The van der Waals surface area contributed by atoms with Crippen LogP contribution in [0.1, 0.15) is 15.9 Å². The zero-order valence-electron chi connectivity index (χ0n) is 10.3. The van der Waals surface area contributed by atoms with Crippen LogP contribution in [-0.2, 0) is 11.3 Å². The Bertz CT molecular complexity index is 687. The first-order valence-electron chi connectivity index (χ1n) is 5.58. The molecule has 0 radical (unpaired) electrons. The number of methoxy groups -OCH3 is 1. The lowest BCUT2D eigenvalue weighted by molar-refractivity contribution is 0.0599. The minimum absolute atomic E-state index is 0.0142. The van der Waals surface area contributed by atoms with Gasteiger partial charge in [-0.2, -0.15) is 0 Å². The number of nitrogens with one attached hydrogen (secondary N) is 1. The number of rotatable bonds is 3. The zero-order valence-corrected chi connectivity index (χ0v) is 10.3. The Labute approximate surface area is 108 Å². The molecule has 6 heteroatoms. The molecule has 98 valence electrons. The van der Waals surface area contributed by atoms with Gasteiger partial charge in [0.25, 0.3) is 5.56 Å². The van der Waals surface area contributed by atoms with Crippen LogP contribution in [-0.4, -0.2) is 22.6 Å². The molecule has 0 aliphatic heterocycles. The Morgan fingerprint density at radius 1 is 1.26 bits per heavy atom. The van der Waals surface area contributed by atoms with Crippen LogP contribution in [0.3, 0.4) is 0 Å². The largest absolute Gasteiger partial charge is 0.465 e. The molecular weight excluding hydrogens is 248 g/mol. The smallest absolute Gasteiger partial charge is 0.338 e. The Hall–Kier alpha value is -2.63. The maximum atomic E-state index is 11.6. The molecule has 1 N–H and O–H groups in total. The van der Waals surface area contributed by atoms with Crippen molar-refractivity contribution in [1.29, 1.82) is 0 Å². The van der Waals surface area contributed by atoms with Gasteiger partial charge in [-0.3, -0.25) is 9.36 Å². The normalized spacial score (nSPS) is 10.2. The molecule has 0 unspecified atom stereocenters. The van der Waals surface area contributed by atoms with Gasteiger partial charge in [0.1, 0.15) is 0 Å². The second-order valence-corrected chi connectivity index (χ2v) is 3.86. The predicted octanol–water partition coefficient (Wildman–Crippen LogP) is 0.371. The minimum Gasteiger partial charge on any atom is -0.465 e. The summed E-state index contributed by atoms with van der Waals surface area (Å²) in [6.07, 6.45) is 1.29. The first kappa shape index (κ1) is 12.8. The van der Waals surface area contributed by atoms with Crippen LogP contribution in [0.25, 0.3) is 0 Å². The summed E-state index contributed by atoms with van der Waals surface area (Å²) in [5, 5.41) is 0. The molecule has 0 amide bonds. The zero-order chi connectivity index (χ0) is 13.8. The van der Waals surface area contributed by atoms with Gasteiger partial charge in [-0.05, 0) is 11.6 Å². The van der Waals surface area contributed by atoms with Crippen LogP contribution >= 0.6 is 0 Å². The van der Waals surface area contributed by atoms with E-state index < -0.39 is 17.2 Å². The average Bonchev–Trinajstić information content (AvgIpc) is 2.42. The lowest BCUT2D eigenvalue weighted by Crippen LogP contribution is -2.34. The van der Waals surface area contributed by atoms with Crippen molar-refractivity contribution in [2.45, 2.75) is 6.54 Å². The molecule has 0 spiro atoms. The van der Waals surface area contributed by atoms with Crippen molar-refractivity contribution in [2.75, 3.05) is 7.11 Å². The second kappa shape index (κ2) is 5.34. The summed E-state index contributed by atoms with van der Waals surface area (Å²) in [6, 6.07) is 7.92. The molecule has 0 atom stereocenters. The summed E-state index contributed by atoms with van der Waals surface area (Å²) < 4.78 is 5.68. The Balaban J connectivity index is 2.48. The van der Waals surface area contributed by atoms with Crippen LogP contribution in [0.15, 0.2) is 46.1 Å². The topological polar surface area (TPSA) is 81.2 Å². The molecule has 6 nitrogen and oxygen atoms in total. The van der Waals surface area contributed by atoms with Gasteiger partial charge in [0.2, 0.25) is 0 Å². The third-order valence-electron chi connectivity index (χ3n) is 2.70. The SMILES string of the molecule is COC(=O)c1ccccc1Cn1c(=O)cc[nH]c1=O. The quantitative estimate of drug-likeness (QED) is 0.808. The fourth-order valence-electron chi connectivity index (χ4n) is 1.74. The van der Waals surface area contributed by atoms with Gasteiger partial charge < -0.3 is 9.72 Å². The van der Waals surface area contributed by atoms with E-state index in [0.29, 0.717) is 11.1 Å². The second-order valence-electron chi connectivity index (χ2n) is 3.86. The van der Waals surface area contributed by atoms with Crippen LogP contribution in [0.5, 0.6) is 0 Å². The summed E-state index contributed by atoms with van der Waals surface area (Å²) in [6.45, 7) is 0.0142. The van der Waals surface area contributed by atoms with Crippen molar-refractivity contribution < 1.29 is 9.53 Å². The van der Waals surface area contributed by atoms with E-state index in [4.69, 9.17) is 0 Å². The van der Waals surface area contributed by atoms with Crippen LogP contribution in [0.2, 0.25) is 0 Å². The van der Waals surface area contributed by atoms with Gasteiger partial charge in [-0.15, -0.1) is 0 Å². The third-order valence-corrected chi connectivity index (χ3v) is 2.70. The molecule has 0 aliphatic carbocycles. The highest BCUT2D eigenvalue weighted by Gasteiger charge is 2.12. The van der Waals surface area contributed by atoms with Crippen molar-refractivity contribution >= 4 is 5.97 Å². The number of aromatic amines is 1. The number of hydrogen-bond donors (Lipinski definition) is 1. The Kier molecular flexibility index (Phi) is 3.61. The van der Waals surface area contributed by atoms with Gasteiger partial charge in [-0.25, -0.2) is 9.59 Å². The molecule has 19 heavy (non-hydrogen) atoms. The molecule has 2 rings (SSSR count). The monoisotopic (exact) mass is 260 g/mol. The molecule has 1 aromatic carbocycles. The van der Waals surface area contributed by atoms with Gasteiger partial charge in [0.05, 0.1) is 19.2 Å². The maximum absolute atomic E-state index is 11.6. The van der Waals surface area contributed by atoms with Crippen molar-refractivity contribution in [3.8, 4) is 0 Å². The molecule has 2 aromatic rings. The Morgan fingerprint density at radius 2 is 2.00 bits per heavy atom. The number of ether oxygens (including phenoxy) is 1. The van der Waals surface area contributed by atoms with E-state index in [2.05, 4.69) is 9.72 Å². The number of nitrogens with zero attached hydrogens (tertiary/aromatic N) is 1. The predicted molar refractivity (Wildman–Crippen MR) is 68.2 cm³/mol. The fourth-order valence-corrected chi connectivity index (χ4v) is 1.74. The Morgan fingerprint density at radius 3 is 2.68 bits per heavy atom. The molecule has 1 heterocycles. The number of benzene rings is 1. The molecule has 0 saturated carbocycles. The molecule has 0 saturated heterocycles. The highest BCUT2D eigenvalue weighted by Crippen LogP contribution is 2.10. The first-order valence-corrected chi connectivity index (χ1v) is 5.58. The van der Waals surface area contributed by atoms with E-state index in [9.17, 15) is 14.4 Å². The van der Waals surface area contributed by atoms with E-state index in [1.54, 1.807) is 24.3 Å².